The van der Waals surface area contributed by atoms with Crippen LogP contribution in [0.5, 0.6) is 5.75 Å². The van der Waals surface area contributed by atoms with Gasteiger partial charge in [0.25, 0.3) is 5.91 Å². The van der Waals surface area contributed by atoms with Gasteiger partial charge >= 0.3 is 5.97 Å². The number of amides is 1. The topological polar surface area (TPSA) is 80.0 Å². The molecule has 6 heteroatoms. The standard InChI is InChI=1S/C17H19NO5/c1-18(10-5-8-15(19)20)17(21)16-13(9-11-22-16)12-23-14-6-3-2-4-7-14/h2-4,6-7,9,11H,5,8,10,12H2,1H3,(H,19,20). The van der Waals surface area contributed by atoms with E-state index in [0.717, 1.165) is 0 Å². The smallest absolute Gasteiger partial charge is 0.303 e. The first-order chi connectivity index (χ1) is 11.1. The van der Waals surface area contributed by atoms with Gasteiger partial charge in [-0.1, -0.05) is 18.2 Å². The number of nitrogens with zero attached hydrogens (tertiary/aromatic N) is 1. The summed E-state index contributed by atoms with van der Waals surface area (Å²) in [5.41, 5.74) is 0.656. The van der Waals surface area contributed by atoms with Crippen LogP contribution in [-0.4, -0.2) is 35.5 Å². The van der Waals surface area contributed by atoms with Crippen LogP contribution in [0.2, 0.25) is 0 Å². The van der Waals surface area contributed by atoms with Crippen molar-refractivity contribution in [3.05, 3.63) is 54.0 Å². The van der Waals surface area contributed by atoms with Crippen LogP contribution >= 0.6 is 0 Å². The second kappa shape index (κ2) is 8.03. The molecule has 0 saturated heterocycles. The Morgan fingerprint density at radius 2 is 1.96 bits per heavy atom. The van der Waals surface area contributed by atoms with E-state index in [4.69, 9.17) is 14.3 Å². The summed E-state index contributed by atoms with van der Waals surface area (Å²) in [5, 5.41) is 8.63. The lowest BCUT2D eigenvalue weighted by molar-refractivity contribution is -0.137. The van der Waals surface area contributed by atoms with Gasteiger partial charge in [0.05, 0.1) is 6.26 Å². The first kappa shape index (κ1) is 16.6. The third kappa shape index (κ3) is 4.88. The van der Waals surface area contributed by atoms with Gasteiger partial charge in [0.2, 0.25) is 0 Å². The van der Waals surface area contributed by atoms with E-state index in [2.05, 4.69) is 0 Å². The number of carbonyl (C=O) groups excluding carboxylic acids is 1. The zero-order valence-electron chi connectivity index (χ0n) is 12.9. The Kier molecular flexibility index (Phi) is 5.80. The van der Waals surface area contributed by atoms with Crippen LogP contribution in [0.1, 0.15) is 29.0 Å². The van der Waals surface area contributed by atoms with E-state index in [0.29, 0.717) is 24.3 Å². The van der Waals surface area contributed by atoms with Crippen molar-refractivity contribution in [2.45, 2.75) is 19.4 Å². The molecule has 0 aliphatic rings. The minimum absolute atomic E-state index is 0.0275. The molecule has 0 radical (unpaired) electrons. The number of hydrogen-bond acceptors (Lipinski definition) is 4. The van der Waals surface area contributed by atoms with Crippen LogP contribution in [0.25, 0.3) is 0 Å². The van der Waals surface area contributed by atoms with Crippen LogP contribution in [0, 0.1) is 0 Å². The lowest BCUT2D eigenvalue weighted by Crippen LogP contribution is -2.28. The van der Waals surface area contributed by atoms with Crippen molar-refractivity contribution in [1.82, 2.24) is 4.90 Å². The van der Waals surface area contributed by atoms with Crippen molar-refractivity contribution in [2.24, 2.45) is 0 Å². The Labute approximate surface area is 134 Å². The SMILES string of the molecule is CN(CCCC(=O)O)C(=O)c1occc1COc1ccccc1. The summed E-state index contributed by atoms with van der Waals surface area (Å²) in [5.74, 6) is -0.228. The lowest BCUT2D eigenvalue weighted by Gasteiger charge is -2.16. The third-order valence-corrected chi connectivity index (χ3v) is 3.31. The van der Waals surface area contributed by atoms with Crippen molar-refractivity contribution >= 4 is 11.9 Å². The average molecular weight is 317 g/mol. The second-order valence-corrected chi connectivity index (χ2v) is 5.10. The number of rotatable bonds is 8. The van der Waals surface area contributed by atoms with Gasteiger partial charge in [-0.3, -0.25) is 9.59 Å². The molecule has 1 heterocycles. The van der Waals surface area contributed by atoms with Crippen LogP contribution in [-0.2, 0) is 11.4 Å². The zero-order valence-corrected chi connectivity index (χ0v) is 12.9. The van der Waals surface area contributed by atoms with Crippen molar-refractivity contribution in [2.75, 3.05) is 13.6 Å². The normalized spacial score (nSPS) is 10.3. The van der Waals surface area contributed by atoms with Crippen LogP contribution in [0.3, 0.4) is 0 Å². The maximum atomic E-state index is 12.3. The molecule has 0 aliphatic heterocycles. The molecule has 0 spiro atoms. The fraction of sp³-hybridized carbons (Fsp3) is 0.294. The fourth-order valence-corrected chi connectivity index (χ4v) is 2.06. The average Bonchev–Trinajstić information content (AvgIpc) is 3.01. The van der Waals surface area contributed by atoms with E-state index < -0.39 is 5.97 Å². The highest BCUT2D eigenvalue weighted by molar-refractivity contribution is 5.92. The van der Waals surface area contributed by atoms with Crippen molar-refractivity contribution in [1.29, 1.82) is 0 Å². The highest BCUT2D eigenvalue weighted by Gasteiger charge is 2.19. The molecule has 0 saturated carbocycles. The minimum atomic E-state index is -0.874. The number of benzene rings is 1. The summed E-state index contributed by atoms with van der Waals surface area (Å²) in [6, 6.07) is 11.0. The largest absolute Gasteiger partial charge is 0.489 e. The van der Waals surface area contributed by atoms with Crippen LogP contribution < -0.4 is 4.74 Å². The molecule has 122 valence electrons. The molecule has 0 fully saturated rings. The van der Waals surface area contributed by atoms with Gasteiger partial charge in [0, 0.05) is 25.6 Å². The molecule has 1 aromatic heterocycles. The highest BCUT2D eigenvalue weighted by atomic mass is 16.5. The highest BCUT2D eigenvalue weighted by Crippen LogP contribution is 2.17. The number of ether oxygens (including phenoxy) is 1. The Bertz CT molecular complexity index is 650. The van der Waals surface area contributed by atoms with E-state index >= 15 is 0 Å². The summed E-state index contributed by atoms with van der Waals surface area (Å²) < 4.78 is 10.9. The molecular weight excluding hydrogens is 298 g/mol. The predicted octanol–water partition coefficient (Wildman–Crippen LogP) is 2.80. The number of carbonyl (C=O) groups is 2. The molecule has 0 atom stereocenters. The summed E-state index contributed by atoms with van der Waals surface area (Å²) in [4.78, 5) is 24.3. The molecule has 1 amide bonds. The van der Waals surface area contributed by atoms with E-state index in [1.165, 1.54) is 11.2 Å². The Hall–Kier alpha value is -2.76. The molecule has 2 rings (SSSR count). The number of carboxylic acids is 1. The summed E-state index contributed by atoms with van der Waals surface area (Å²) in [7, 11) is 1.62. The second-order valence-electron chi connectivity index (χ2n) is 5.10. The van der Waals surface area contributed by atoms with Gasteiger partial charge in [0.15, 0.2) is 5.76 Å². The van der Waals surface area contributed by atoms with E-state index in [1.54, 1.807) is 13.1 Å². The molecule has 1 N–H and O–H groups in total. The summed E-state index contributed by atoms with van der Waals surface area (Å²) in [6.07, 6.45) is 1.87. The molecule has 0 aliphatic carbocycles. The molecule has 6 nitrogen and oxygen atoms in total. The van der Waals surface area contributed by atoms with Crippen molar-refractivity contribution in [3.63, 3.8) is 0 Å². The number of hydrogen-bond donors (Lipinski definition) is 1. The molecule has 0 bridgehead atoms. The van der Waals surface area contributed by atoms with Crippen LogP contribution in [0.4, 0.5) is 0 Å². The number of para-hydroxylation sites is 1. The van der Waals surface area contributed by atoms with Gasteiger partial charge in [-0.2, -0.15) is 0 Å². The van der Waals surface area contributed by atoms with Crippen LogP contribution in [0.15, 0.2) is 47.1 Å². The quantitative estimate of drug-likeness (QED) is 0.810. The molecule has 1 aromatic carbocycles. The van der Waals surface area contributed by atoms with E-state index in [-0.39, 0.29) is 24.7 Å². The lowest BCUT2D eigenvalue weighted by atomic mass is 10.2. The Morgan fingerprint density at radius 3 is 2.65 bits per heavy atom. The molecule has 2 aromatic rings. The molecule has 23 heavy (non-hydrogen) atoms. The first-order valence-corrected chi connectivity index (χ1v) is 7.29. The number of carboxylic acid groups (broad SMARTS) is 1. The number of aliphatic carboxylic acids is 1. The molecular formula is C17H19NO5. The van der Waals surface area contributed by atoms with Gasteiger partial charge in [0.1, 0.15) is 12.4 Å². The summed E-state index contributed by atoms with van der Waals surface area (Å²) in [6.45, 7) is 0.579. The predicted molar refractivity (Wildman–Crippen MR) is 83.3 cm³/mol. The van der Waals surface area contributed by atoms with Gasteiger partial charge in [-0.05, 0) is 24.6 Å². The summed E-state index contributed by atoms with van der Waals surface area (Å²) >= 11 is 0. The van der Waals surface area contributed by atoms with Crippen molar-refractivity contribution < 1.29 is 23.8 Å². The van der Waals surface area contributed by atoms with Gasteiger partial charge in [-0.25, -0.2) is 0 Å². The maximum Gasteiger partial charge on any atom is 0.303 e. The Morgan fingerprint density at radius 1 is 1.22 bits per heavy atom. The van der Waals surface area contributed by atoms with E-state index in [1.807, 2.05) is 30.3 Å². The van der Waals surface area contributed by atoms with Gasteiger partial charge < -0.3 is 19.2 Å². The monoisotopic (exact) mass is 317 g/mol. The van der Waals surface area contributed by atoms with Gasteiger partial charge in [-0.15, -0.1) is 0 Å². The maximum absolute atomic E-state index is 12.3. The van der Waals surface area contributed by atoms with Crippen molar-refractivity contribution in [3.8, 4) is 5.75 Å². The number of furan rings is 1. The fourth-order valence-electron chi connectivity index (χ4n) is 2.06. The third-order valence-electron chi connectivity index (χ3n) is 3.31. The Balaban J connectivity index is 1.93. The molecule has 0 unspecified atom stereocenters. The van der Waals surface area contributed by atoms with E-state index in [9.17, 15) is 9.59 Å². The minimum Gasteiger partial charge on any atom is -0.489 e. The first-order valence-electron chi connectivity index (χ1n) is 7.29. The zero-order chi connectivity index (χ0) is 16.7.